The molecule has 0 N–H and O–H groups in total. The molecule has 0 saturated heterocycles. The van der Waals surface area contributed by atoms with Crippen LogP contribution >= 0.6 is 0 Å². The van der Waals surface area contributed by atoms with Crippen LogP contribution in [0.5, 0.6) is 0 Å². The molecule has 0 aliphatic carbocycles. The van der Waals surface area contributed by atoms with Crippen LogP contribution in [-0.4, -0.2) is 35.5 Å². The van der Waals surface area contributed by atoms with Crippen molar-refractivity contribution in [1.29, 1.82) is 0 Å². The first-order valence-corrected chi connectivity index (χ1v) is 10.3. The average Bonchev–Trinajstić information content (AvgIpc) is 2.61. The lowest BCUT2D eigenvalue weighted by atomic mass is 10.3. The van der Waals surface area contributed by atoms with Crippen molar-refractivity contribution in [3.8, 4) is 0 Å². The molecule has 8 heteroatoms. The molecule has 0 saturated carbocycles. The van der Waals surface area contributed by atoms with Gasteiger partial charge in [-0.05, 0) is 31.2 Å². The predicted octanol–water partition coefficient (Wildman–Crippen LogP) is 2.26. The van der Waals surface area contributed by atoms with Crippen LogP contribution in [-0.2, 0) is 20.0 Å². The van der Waals surface area contributed by atoms with E-state index in [-0.39, 0.29) is 0 Å². The molecule has 0 radical (unpaired) electrons. The summed E-state index contributed by atoms with van der Waals surface area (Å²) in [6.07, 6.45) is 0. The Labute approximate surface area is 143 Å². The van der Waals surface area contributed by atoms with Crippen LogP contribution in [0.4, 0.5) is 11.4 Å². The van der Waals surface area contributed by atoms with E-state index >= 15 is 0 Å². The highest BCUT2D eigenvalue weighted by Crippen LogP contribution is 2.25. The van der Waals surface area contributed by atoms with E-state index in [0.717, 1.165) is 8.61 Å². The molecule has 0 bridgehead atoms. The van der Waals surface area contributed by atoms with E-state index in [1.807, 2.05) is 0 Å². The molecule has 0 fully saturated rings. The van der Waals surface area contributed by atoms with E-state index in [2.05, 4.69) is 0 Å². The second kappa shape index (κ2) is 6.82. The summed E-state index contributed by atoms with van der Waals surface area (Å²) in [6, 6.07) is 16.7. The highest BCUT2D eigenvalue weighted by atomic mass is 32.3. The Kier molecular flexibility index (Phi) is 5.19. The summed E-state index contributed by atoms with van der Waals surface area (Å²) in [5, 5.41) is 0. The van der Waals surface area contributed by atoms with Crippen LogP contribution in [0.2, 0.25) is 0 Å². The first-order chi connectivity index (χ1) is 11.2. The first kappa shape index (κ1) is 18.3. The molecule has 0 atom stereocenters. The molecule has 2 rings (SSSR count). The maximum absolute atomic E-state index is 12.7. The largest absolute Gasteiger partial charge is 0.272 e. The number of hydrogen-bond acceptors (Lipinski definition) is 4. The smallest absolute Gasteiger partial charge is 0.253 e. The molecule has 6 nitrogen and oxygen atoms in total. The Morgan fingerprint density at radius 3 is 1.25 bits per heavy atom. The summed E-state index contributed by atoms with van der Waals surface area (Å²) < 4.78 is 51.3. The minimum absolute atomic E-state index is 0.405. The zero-order chi connectivity index (χ0) is 18.0. The van der Waals surface area contributed by atoms with Crippen LogP contribution < -0.4 is 8.61 Å². The zero-order valence-corrected chi connectivity index (χ0v) is 15.3. The molecule has 2 aromatic carbocycles. The van der Waals surface area contributed by atoms with E-state index < -0.39 is 24.6 Å². The molecular weight excluding hydrogens is 348 g/mol. The Morgan fingerprint density at radius 2 is 0.958 bits per heavy atom. The predicted molar refractivity (Wildman–Crippen MR) is 97.0 cm³/mol. The van der Waals surface area contributed by atoms with Crippen LogP contribution in [0.1, 0.15) is 6.92 Å². The monoisotopic (exact) mass is 368 g/mol. The Morgan fingerprint density at radius 1 is 0.667 bits per heavy atom. The van der Waals surface area contributed by atoms with Crippen molar-refractivity contribution in [2.45, 2.75) is 11.5 Å². The van der Waals surface area contributed by atoms with E-state index in [9.17, 15) is 16.8 Å². The van der Waals surface area contributed by atoms with Gasteiger partial charge in [0.2, 0.25) is 0 Å². The van der Waals surface area contributed by atoms with Crippen molar-refractivity contribution in [3.05, 3.63) is 60.7 Å². The molecule has 0 aliphatic rings. The molecule has 0 spiro atoms. The van der Waals surface area contributed by atoms with Crippen LogP contribution in [0.15, 0.2) is 60.7 Å². The molecule has 0 heterocycles. The average molecular weight is 368 g/mol. The SMILES string of the molecule is CC(S(=O)(=O)N(C)c1ccccc1)S(=O)(=O)N(C)c1ccccc1. The molecule has 0 unspecified atom stereocenters. The summed E-state index contributed by atoms with van der Waals surface area (Å²) in [6.45, 7) is 1.18. The lowest BCUT2D eigenvalue weighted by Crippen LogP contribution is -2.44. The fourth-order valence-electron chi connectivity index (χ4n) is 2.17. The van der Waals surface area contributed by atoms with E-state index in [4.69, 9.17) is 0 Å². The summed E-state index contributed by atoms with van der Waals surface area (Å²) in [4.78, 5) is 0. The standard InChI is InChI=1S/C16H20N2O4S2/c1-14(23(19,20)17(2)15-10-6-4-7-11-15)24(21,22)18(3)16-12-8-5-9-13-16/h4-14H,1-3H3. The normalized spacial score (nSPS) is 12.2. The molecule has 0 aliphatic heterocycles. The van der Waals surface area contributed by atoms with Crippen molar-refractivity contribution >= 4 is 31.4 Å². The highest BCUT2D eigenvalue weighted by molar-refractivity contribution is 8.10. The number of para-hydroxylation sites is 2. The summed E-state index contributed by atoms with van der Waals surface area (Å²) in [5.74, 6) is 0. The first-order valence-electron chi connectivity index (χ1n) is 7.24. The number of rotatable bonds is 6. The second-order valence-corrected chi connectivity index (χ2v) is 10.1. The zero-order valence-electron chi connectivity index (χ0n) is 13.7. The fraction of sp³-hybridized carbons (Fsp3) is 0.250. The fourth-order valence-corrected chi connectivity index (χ4v) is 5.89. The van der Waals surface area contributed by atoms with Gasteiger partial charge in [-0.15, -0.1) is 0 Å². The van der Waals surface area contributed by atoms with Gasteiger partial charge in [-0.1, -0.05) is 36.4 Å². The van der Waals surface area contributed by atoms with Crippen molar-refractivity contribution < 1.29 is 16.8 Å². The van der Waals surface area contributed by atoms with Gasteiger partial charge in [-0.3, -0.25) is 8.61 Å². The second-order valence-electron chi connectivity index (χ2n) is 5.26. The lowest BCUT2D eigenvalue weighted by molar-refractivity contribution is 0.575. The van der Waals surface area contributed by atoms with Gasteiger partial charge in [0.1, 0.15) is 0 Å². The molecule has 2 aromatic rings. The third kappa shape index (κ3) is 3.39. The summed E-state index contributed by atoms with van der Waals surface area (Å²) >= 11 is 0. The van der Waals surface area contributed by atoms with Gasteiger partial charge in [0, 0.05) is 14.1 Å². The van der Waals surface area contributed by atoms with Crippen LogP contribution in [0.25, 0.3) is 0 Å². The summed E-state index contributed by atoms with van der Waals surface area (Å²) in [5.41, 5.74) is 0.809. The number of sulfonamides is 2. The molecule has 130 valence electrons. The van der Waals surface area contributed by atoms with Gasteiger partial charge in [0.15, 0.2) is 4.58 Å². The quantitative estimate of drug-likeness (QED) is 0.784. The number of anilines is 2. The topological polar surface area (TPSA) is 74.8 Å². The Balaban J connectivity index is 2.37. The van der Waals surface area contributed by atoms with Crippen molar-refractivity contribution in [1.82, 2.24) is 0 Å². The Hall–Kier alpha value is -2.06. The number of hydrogen-bond donors (Lipinski definition) is 0. The maximum atomic E-state index is 12.7. The highest BCUT2D eigenvalue weighted by Gasteiger charge is 2.39. The maximum Gasteiger partial charge on any atom is 0.253 e. The van der Waals surface area contributed by atoms with E-state index in [1.54, 1.807) is 60.7 Å². The van der Waals surface area contributed by atoms with E-state index in [1.165, 1.54) is 21.0 Å². The van der Waals surface area contributed by atoms with Crippen molar-refractivity contribution in [2.75, 3.05) is 22.7 Å². The minimum atomic E-state index is -4.10. The van der Waals surface area contributed by atoms with Crippen LogP contribution in [0.3, 0.4) is 0 Å². The van der Waals surface area contributed by atoms with Crippen LogP contribution in [0, 0.1) is 0 Å². The van der Waals surface area contributed by atoms with Gasteiger partial charge >= 0.3 is 0 Å². The lowest BCUT2D eigenvalue weighted by Gasteiger charge is -2.27. The third-order valence-electron chi connectivity index (χ3n) is 3.84. The number of benzene rings is 2. The molecule has 24 heavy (non-hydrogen) atoms. The number of nitrogens with zero attached hydrogens (tertiary/aromatic N) is 2. The van der Waals surface area contributed by atoms with Gasteiger partial charge in [0.05, 0.1) is 11.4 Å². The van der Waals surface area contributed by atoms with E-state index in [0.29, 0.717) is 11.4 Å². The van der Waals surface area contributed by atoms with Gasteiger partial charge in [-0.25, -0.2) is 16.8 Å². The van der Waals surface area contributed by atoms with Gasteiger partial charge < -0.3 is 0 Å². The van der Waals surface area contributed by atoms with Crippen molar-refractivity contribution in [3.63, 3.8) is 0 Å². The minimum Gasteiger partial charge on any atom is -0.272 e. The third-order valence-corrected chi connectivity index (χ3v) is 8.93. The van der Waals surface area contributed by atoms with Crippen molar-refractivity contribution in [2.24, 2.45) is 0 Å². The molecule has 0 aromatic heterocycles. The van der Waals surface area contributed by atoms with Gasteiger partial charge in [0.25, 0.3) is 20.0 Å². The summed E-state index contributed by atoms with van der Waals surface area (Å²) in [7, 11) is -5.51. The van der Waals surface area contributed by atoms with Gasteiger partial charge in [-0.2, -0.15) is 0 Å². The molecule has 0 amide bonds. The molecular formula is C16H20N2O4S2. The Bertz CT molecular complexity index is 807.